The molecule has 3 aliphatic heterocycles. The quantitative estimate of drug-likeness (QED) is 0.464. The van der Waals surface area contributed by atoms with E-state index in [0.29, 0.717) is 34.4 Å². The number of nitrogens with zero attached hydrogens (tertiary/aromatic N) is 6. The van der Waals surface area contributed by atoms with Gasteiger partial charge in [0.05, 0.1) is 36.7 Å². The first kappa shape index (κ1) is 25.6. The molecule has 6 heterocycles. The maximum absolute atomic E-state index is 13.5. The molecule has 1 N–H and O–H groups in total. The summed E-state index contributed by atoms with van der Waals surface area (Å²) >= 11 is 0. The number of rotatable bonds is 6. The van der Waals surface area contributed by atoms with Crippen molar-refractivity contribution < 1.29 is 9.53 Å². The van der Waals surface area contributed by atoms with E-state index in [1.807, 2.05) is 19.2 Å². The molecule has 4 fully saturated rings. The lowest BCUT2D eigenvalue weighted by molar-refractivity contribution is -0.0597. The third kappa shape index (κ3) is 4.37. The second-order valence-corrected chi connectivity index (χ2v) is 12.2. The molecule has 0 radical (unpaired) electrons. The van der Waals surface area contributed by atoms with Crippen LogP contribution in [0.25, 0.3) is 11.0 Å². The van der Waals surface area contributed by atoms with Crippen molar-refractivity contribution >= 4 is 34.3 Å². The van der Waals surface area contributed by atoms with Gasteiger partial charge in [-0.15, -0.1) is 0 Å². The van der Waals surface area contributed by atoms with E-state index in [2.05, 4.69) is 31.2 Å². The highest BCUT2D eigenvalue weighted by Gasteiger charge is 2.46. The summed E-state index contributed by atoms with van der Waals surface area (Å²) in [6, 6.07) is 4.74. The Morgan fingerprint density at radius 1 is 1.05 bits per heavy atom. The van der Waals surface area contributed by atoms with Crippen molar-refractivity contribution in [2.45, 2.75) is 64.5 Å². The Bertz CT molecular complexity index is 1510. The summed E-state index contributed by atoms with van der Waals surface area (Å²) in [6.45, 7) is 9.51. The molecule has 1 spiro atoms. The lowest BCUT2D eigenvalue weighted by atomic mass is 9.86. The van der Waals surface area contributed by atoms with Crippen LogP contribution in [0, 0.1) is 12.3 Å². The third-order valence-electron chi connectivity index (χ3n) is 9.65. The lowest BCUT2D eigenvalue weighted by Crippen LogP contribution is -2.48. The van der Waals surface area contributed by atoms with Crippen molar-refractivity contribution in [2.24, 2.45) is 5.41 Å². The van der Waals surface area contributed by atoms with Crippen LogP contribution >= 0.6 is 0 Å². The maximum Gasteiger partial charge on any atom is 0.263 e. The van der Waals surface area contributed by atoms with Crippen LogP contribution < -0.4 is 15.8 Å². The fourth-order valence-electron chi connectivity index (χ4n) is 7.27. The van der Waals surface area contributed by atoms with Gasteiger partial charge in [0.15, 0.2) is 5.78 Å². The van der Waals surface area contributed by atoms with E-state index in [-0.39, 0.29) is 22.9 Å². The molecular formula is C30H37N7O3. The number of ether oxygens (including phenoxy) is 1. The molecule has 0 amide bonds. The number of hydrogen-bond acceptors (Lipinski definition) is 9. The molecule has 1 unspecified atom stereocenters. The van der Waals surface area contributed by atoms with E-state index in [9.17, 15) is 9.59 Å². The number of aromatic nitrogens is 4. The number of pyridine rings is 2. The Hall–Kier alpha value is -3.37. The first-order chi connectivity index (χ1) is 19.4. The first-order valence-electron chi connectivity index (χ1n) is 14.6. The minimum Gasteiger partial charge on any atom is -0.378 e. The molecule has 4 aliphatic rings. The molecule has 3 aromatic rings. The number of carbonyl (C=O) groups excluding carboxylic acids is 1. The predicted octanol–water partition coefficient (Wildman–Crippen LogP) is 3.86. The van der Waals surface area contributed by atoms with Gasteiger partial charge in [-0.2, -0.15) is 4.98 Å². The fraction of sp³-hybridized carbons (Fsp3) is 0.567. The molecule has 40 heavy (non-hydrogen) atoms. The predicted molar refractivity (Wildman–Crippen MR) is 154 cm³/mol. The zero-order valence-corrected chi connectivity index (χ0v) is 23.4. The van der Waals surface area contributed by atoms with Crippen LogP contribution in [0.3, 0.4) is 0 Å². The van der Waals surface area contributed by atoms with Crippen molar-refractivity contribution in [2.75, 3.05) is 49.6 Å². The average molecular weight is 544 g/mol. The van der Waals surface area contributed by atoms with Crippen molar-refractivity contribution in [3.63, 3.8) is 0 Å². The summed E-state index contributed by atoms with van der Waals surface area (Å²) < 4.78 is 7.15. The van der Waals surface area contributed by atoms with Gasteiger partial charge in [-0.1, -0.05) is 12.8 Å². The van der Waals surface area contributed by atoms with Crippen LogP contribution in [0.2, 0.25) is 0 Å². The number of anilines is 3. The van der Waals surface area contributed by atoms with Crippen LogP contribution in [-0.2, 0) is 4.74 Å². The molecule has 1 saturated carbocycles. The number of Topliss-reactive ketones (excluding diaryl/α,β-unsaturated/α-hetero) is 1. The van der Waals surface area contributed by atoms with Gasteiger partial charge in [0.2, 0.25) is 5.95 Å². The smallest absolute Gasteiger partial charge is 0.263 e. The lowest BCUT2D eigenvalue weighted by Gasteiger charge is -2.35. The van der Waals surface area contributed by atoms with Gasteiger partial charge in [-0.25, -0.2) is 9.97 Å². The van der Waals surface area contributed by atoms with Gasteiger partial charge in [0.1, 0.15) is 11.5 Å². The molecule has 10 nitrogen and oxygen atoms in total. The number of nitrogens with one attached hydrogen (secondary N) is 1. The Balaban J connectivity index is 1.11. The van der Waals surface area contributed by atoms with Gasteiger partial charge in [-0.05, 0) is 63.8 Å². The molecule has 3 aromatic heterocycles. The highest BCUT2D eigenvalue weighted by atomic mass is 16.5. The van der Waals surface area contributed by atoms with Crippen molar-refractivity contribution in [1.29, 1.82) is 0 Å². The zero-order valence-electron chi connectivity index (χ0n) is 23.4. The molecule has 0 bridgehead atoms. The van der Waals surface area contributed by atoms with E-state index in [4.69, 9.17) is 9.72 Å². The Morgan fingerprint density at radius 2 is 1.85 bits per heavy atom. The van der Waals surface area contributed by atoms with Gasteiger partial charge in [0, 0.05) is 42.7 Å². The molecule has 1 atom stereocenters. The minimum absolute atomic E-state index is 0.0478. The number of hydrogen-bond donors (Lipinski definition) is 1. The monoisotopic (exact) mass is 543 g/mol. The number of carbonyl (C=O) groups is 1. The number of fused-ring (bicyclic) bond motifs is 1. The van der Waals surface area contributed by atoms with Gasteiger partial charge in [-0.3, -0.25) is 19.1 Å². The van der Waals surface area contributed by atoms with Crippen LogP contribution in [0.1, 0.15) is 67.4 Å². The number of ketones is 1. The Kier molecular flexibility index (Phi) is 6.35. The van der Waals surface area contributed by atoms with E-state index in [0.717, 1.165) is 63.1 Å². The van der Waals surface area contributed by atoms with E-state index < -0.39 is 0 Å². The minimum atomic E-state index is -0.244. The van der Waals surface area contributed by atoms with Crippen LogP contribution in [0.15, 0.2) is 29.3 Å². The van der Waals surface area contributed by atoms with E-state index >= 15 is 0 Å². The summed E-state index contributed by atoms with van der Waals surface area (Å²) in [5.74, 6) is 0.825. The Morgan fingerprint density at radius 3 is 2.55 bits per heavy atom. The molecule has 210 valence electrons. The number of likely N-dealkylation sites (tertiary alicyclic amines) is 1. The molecule has 1 aliphatic carbocycles. The topological polar surface area (TPSA) is 105 Å². The number of aryl methyl sites for hydroxylation is 1. The van der Waals surface area contributed by atoms with E-state index in [1.54, 1.807) is 10.8 Å². The normalized spacial score (nSPS) is 23.9. The van der Waals surface area contributed by atoms with Gasteiger partial charge < -0.3 is 15.0 Å². The third-order valence-corrected chi connectivity index (χ3v) is 9.65. The molecule has 3 saturated heterocycles. The molecule has 0 aromatic carbocycles. The summed E-state index contributed by atoms with van der Waals surface area (Å²) in [4.78, 5) is 44.9. The highest BCUT2D eigenvalue weighted by Crippen LogP contribution is 2.42. The largest absolute Gasteiger partial charge is 0.378 e. The second-order valence-electron chi connectivity index (χ2n) is 12.2. The van der Waals surface area contributed by atoms with Gasteiger partial charge >= 0.3 is 0 Å². The van der Waals surface area contributed by atoms with Crippen LogP contribution in [0.5, 0.6) is 0 Å². The summed E-state index contributed by atoms with van der Waals surface area (Å²) in [5, 5.41) is 3.97. The average Bonchev–Trinajstić information content (AvgIpc) is 3.66. The van der Waals surface area contributed by atoms with Gasteiger partial charge in [0.25, 0.3) is 5.56 Å². The SMILES string of the molecule is CC(=O)c1c(C)c2cnc(Nc3ccc(N4CCC5(CCN(C6COC6)C5)C4)cn3)nc2n(C2CCCC2)c1=O. The van der Waals surface area contributed by atoms with Crippen molar-refractivity contribution in [3.05, 3.63) is 46.0 Å². The fourth-order valence-corrected chi connectivity index (χ4v) is 7.27. The Labute approximate surface area is 233 Å². The van der Waals surface area contributed by atoms with E-state index in [1.165, 1.54) is 32.9 Å². The molecular weight excluding hydrogens is 506 g/mol. The summed E-state index contributed by atoms with van der Waals surface area (Å²) in [7, 11) is 0. The van der Waals surface area contributed by atoms with Crippen LogP contribution in [-0.4, -0.2) is 75.6 Å². The summed E-state index contributed by atoms with van der Waals surface area (Å²) in [5.41, 5.74) is 2.73. The first-order valence-corrected chi connectivity index (χ1v) is 14.6. The van der Waals surface area contributed by atoms with Crippen molar-refractivity contribution in [1.82, 2.24) is 24.4 Å². The summed E-state index contributed by atoms with van der Waals surface area (Å²) in [6.07, 6.45) is 10.1. The highest BCUT2D eigenvalue weighted by molar-refractivity contribution is 5.99. The standard InChI is InChI=1S/C30H37N7O3/c1-19-24-14-32-29(34-27(24)37(21-5-3-4-6-21)28(39)26(19)20(2)38)33-25-8-7-22(13-31-25)35-11-9-30(17-35)10-12-36(18-30)23-15-40-16-23/h7-8,13-14,21,23H,3-6,9-12,15-18H2,1-2H3,(H,31,32,33,34). The van der Waals surface area contributed by atoms with Crippen molar-refractivity contribution in [3.8, 4) is 0 Å². The maximum atomic E-state index is 13.5. The zero-order chi connectivity index (χ0) is 27.4. The van der Waals surface area contributed by atoms with Crippen LogP contribution in [0.4, 0.5) is 17.5 Å². The second kappa shape index (κ2) is 9.92. The molecule has 7 rings (SSSR count). The molecule has 10 heteroatoms.